The molecule has 5 nitrogen and oxygen atoms in total. The Bertz CT molecular complexity index is 904. The summed E-state index contributed by atoms with van der Waals surface area (Å²) in [4.78, 5) is 25.8. The molecule has 2 aromatic carbocycles. The number of ether oxygens (including phenoxy) is 1. The number of carbonyl (C=O) groups excluding carboxylic acids is 2. The summed E-state index contributed by atoms with van der Waals surface area (Å²) < 4.78 is 5.87. The van der Waals surface area contributed by atoms with Gasteiger partial charge in [0.05, 0.1) is 13.2 Å². The molecular weight excluding hydrogens is 416 g/mol. The molecule has 2 aliphatic carbocycles. The third-order valence-electron chi connectivity index (χ3n) is 7.12. The van der Waals surface area contributed by atoms with Gasteiger partial charge in [-0.2, -0.15) is 0 Å². The first-order valence-corrected chi connectivity index (χ1v) is 12.2. The molecule has 0 bridgehead atoms. The third-order valence-corrected chi connectivity index (χ3v) is 7.12. The van der Waals surface area contributed by atoms with Gasteiger partial charge in [-0.1, -0.05) is 74.9 Å². The Morgan fingerprint density at radius 1 is 0.667 bits per heavy atom. The molecule has 0 saturated heterocycles. The maximum absolute atomic E-state index is 12.9. The number of rotatable bonds is 8. The van der Waals surface area contributed by atoms with E-state index in [-0.39, 0.29) is 11.6 Å². The molecular formula is C28H34O5. The van der Waals surface area contributed by atoms with E-state index in [1.807, 2.05) is 24.3 Å². The molecule has 0 amide bonds. The highest BCUT2D eigenvalue weighted by molar-refractivity contribution is 6.03. The van der Waals surface area contributed by atoms with Crippen LogP contribution in [0.4, 0.5) is 0 Å². The van der Waals surface area contributed by atoms with Gasteiger partial charge in [0.15, 0.2) is 11.6 Å². The lowest BCUT2D eigenvalue weighted by Crippen LogP contribution is -2.40. The molecule has 0 atom stereocenters. The molecule has 5 heteroatoms. The summed E-state index contributed by atoms with van der Waals surface area (Å²) >= 11 is 0. The summed E-state index contributed by atoms with van der Waals surface area (Å²) in [5.41, 5.74) is 0.288. The second-order valence-corrected chi connectivity index (χ2v) is 9.74. The van der Waals surface area contributed by atoms with Crippen LogP contribution in [0.5, 0.6) is 0 Å². The largest absolute Gasteiger partial charge is 0.382 e. The van der Waals surface area contributed by atoms with Gasteiger partial charge in [-0.05, 0) is 48.9 Å². The van der Waals surface area contributed by atoms with Gasteiger partial charge in [-0.15, -0.1) is 0 Å². The zero-order valence-electron chi connectivity index (χ0n) is 19.2. The van der Waals surface area contributed by atoms with Gasteiger partial charge in [-0.25, -0.2) is 0 Å². The lowest BCUT2D eigenvalue weighted by molar-refractivity contribution is 0.0116. The van der Waals surface area contributed by atoms with Crippen molar-refractivity contribution in [3.8, 4) is 0 Å². The molecule has 2 aromatic rings. The average molecular weight is 451 g/mol. The van der Waals surface area contributed by atoms with Crippen molar-refractivity contribution in [2.45, 2.75) is 88.6 Å². The first-order valence-electron chi connectivity index (χ1n) is 12.2. The predicted octanol–water partition coefficient (Wildman–Crippen LogP) is 5.16. The van der Waals surface area contributed by atoms with Gasteiger partial charge in [0.25, 0.3) is 0 Å². The summed E-state index contributed by atoms with van der Waals surface area (Å²) in [6.45, 7) is 0.642. The zero-order chi connectivity index (χ0) is 23.3. The van der Waals surface area contributed by atoms with Gasteiger partial charge in [0.2, 0.25) is 0 Å². The Labute approximate surface area is 195 Å². The summed E-state index contributed by atoms with van der Waals surface area (Å²) in [6.07, 6.45) is 7.74. The summed E-state index contributed by atoms with van der Waals surface area (Å²) in [7, 11) is 0. The van der Waals surface area contributed by atoms with E-state index in [9.17, 15) is 19.8 Å². The SMILES string of the molecule is O=C(c1cccc(COCc2cccc(C(=O)C3(O)CCCCC3)c2)c1)C1(O)CCCCC1. The summed E-state index contributed by atoms with van der Waals surface area (Å²) in [5, 5.41) is 21.5. The fourth-order valence-electron chi connectivity index (χ4n) is 5.16. The molecule has 176 valence electrons. The van der Waals surface area contributed by atoms with Gasteiger partial charge in [-0.3, -0.25) is 9.59 Å². The lowest BCUT2D eigenvalue weighted by atomic mass is 9.79. The van der Waals surface area contributed by atoms with Crippen LogP contribution in [-0.2, 0) is 18.0 Å². The first kappa shape index (κ1) is 23.8. The molecule has 0 unspecified atom stereocenters. The van der Waals surface area contributed by atoms with Crippen molar-refractivity contribution in [2.24, 2.45) is 0 Å². The fraction of sp³-hybridized carbons (Fsp3) is 0.500. The predicted molar refractivity (Wildman–Crippen MR) is 126 cm³/mol. The Balaban J connectivity index is 1.36. The Kier molecular flexibility index (Phi) is 7.42. The second kappa shape index (κ2) is 10.3. The van der Waals surface area contributed by atoms with Crippen molar-refractivity contribution in [2.75, 3.05) is 0 Å². The number of carbonyl (C=O) groups is 2. The van der Waals surface area contributed by atoms with Crippen LogP contribution in [0, 0.1) is 0 Å². The van der Waals surface area contributed by atoms with Gasteiger partial charge in [0, 0.05) is 11.1 Å². The van der Waals surface area contributed by atoms with Gasteiger partial charge >= 0.3 is 0 Å². The highest BCUT2D eigenvalue weighted by Gasteiger charge is 2.38. The smallest absolute Gasteiger partial charge is 0.194 e. The Morgan fingerprint density at radius 2 is 1.06 bits per heavy atom. The molecule has 0 radical (unpaired) electrons. The van der Waals surface area contributed by atoms with E-state index in [2.05, 4.69) is 0 Å². The minimum Gasteiger partial charge on any atom is -0.382 e. The lowest BCUT2D eigenvalue weighted by Gasteiger charge is -2.30. The standard InChI is InChI=1S/C28H34O5/c29-25(27(31)13-3-1-4-14-27)23-11-7-9-21(17-23)19-33-20-22-10-8-12-24(18-22)26(30)28(32)15-5-2-6-16-28/h7-12,17-18,31-32H,1-6,13-16,19-20H2. The average Bonchev–Trinajstić information content (AvgIpc) is 2.84. The second-order valence-electron chi connectivity index (χ2n) is 9.74. The van der Waals surface area contributed by atoms with Crippen LogP contribution in [0.3, 0.4) is 0 Å². The fourth-order valence-corrected chi connectivity index (χ4v) is 5.16. The molecule has 33 heavy (non-hydrogen) atoms. The molecule has 0 spiro atoms. The maximum atomic E-state index is 12.9. The van der Waals surface area contributed by atoms with Crippen LogP contribution in [0.1, 0.15) is 96.1 Å². The number of hydrogen-bond donors (Lipinski definition) is 2. The van der Waals surface area contributed by atoms with Gasteiger partial charge in [0.1, 0.15) is 11.2 Å². The van der Waals surface area contributed by atoms with Crippen LogP contribution in [-0.4, -0.2) is 33.0 Å². The van der Waals surface area contributed by atoms with Crippen LogP contribution in [0.15, 0.2) is 48.5 Å². The van der Waals surface area contributed by atoms with E-state index in [0.29, 0.717) is 50.0 Å². The van der Waals surface area contributed by atoms with Crippen molar-refractivity contribution >= 4 is 11.6 Å². The molecule has 0 aliphatic heterocycles. The quantitative estimate of drug-likeness (QED) is 0.543. The number of hydrogen-bond acceptors (Lipinski definition) is 5. The summed E-state index contributed by atoms with van der Waals surface area (Å²) in [5.74, 6) is -0.396. The molecule has 2 saturated carbocycles. The molecule has 0 aromatic heterocycles. The molecule has 0 heterocycles. The van der Waals surface area contributed by atoms with Gasteiger partial charge < -0.3 is 14.9 Å². The van der Waals surface area contributed by atoms with Crippen molar-refractivity contribution < 1.29 is 24.5 Å². The minimum atomic E-state index is -1.24. The van der Waals surface area contributed by atoms with E-state index in [0.717, 1.165) is 49.7 Å². The van der Waals surface area contributed by atoms with Crippen molar-refractivity contribution in [1.82, 2.24) is 0 Å². The van der Waals surface area contributed by atoms with Crippen molar-refractivity contribution in [3.05, 3.63) is 70.8 Å². The Morgan fingerprint density at radius 3 is 1.45 bits per heavy atom. The first-order chi connectivity index (χ1) is 15.9. The van der Waals surface area contributed by atoms with Crippen molar-refractivity contribution in [1.29, 1.82) is 0 Å². The molecule has 2 N–H and O–H groups in total. The number of aliphatic hydroxyl groups is 2. The van der Waals surface area contributed by atoms with E-state index >= 15 is 0 Å². The number of ketones is 2. The normalized spacial score (nSPS) is 19.7. The highest BCUT2D eigenvalue weighted by Crippen LogP contribution is 2.32. The van der Waals surface area contributed by atoms with Crippen LogP contribution in [0.2, 0.25) is 0 Å². The van der Waals surface area contributed by atoms with Crippen LogP contribution in [0.25, 0.3) is 0 Å². The topological polar surface area (TPSA) is 83.8 Å². The van der Waals surface area contributed by atoms with E-state index in [1.54, 1.807) is 24.3 Å². The van der Waals surface area contributed by atoms with Crippen LogP contribution < -0.4 is 0 Å². The van der Waals surface area contributed by atoms with Crippen molar-refractivity contribution in [3.63, 3.8) is 0 Å². The minimum absolute atomic E-state index is 0.198. The molecule has 2 fully saturated rings. The zero-order valence-corrected chi connectivity index (χ0v) is 19.2. The molecule has 4 rings (SSSR count). The number of Topliss-reactive ketones (excluding diaryl/α,β-unsaturated/α-hetero) is 2. The third kappa shape index (κ3) is 5.60. The van der Waals surface area contributed by atoms with E-state index in [4.69, 9.17) is 4.74 Å². The maximum Gasteiger partial charge on any atom is 0.194 e. The monoisotopic (exact) mass is 450 g/mol. The van der Waals surface area contributed by atoms with Crippen LogP contribution >= 0.6 is 0 Å². The Hall–Kier alpha value is -2.34. The summed E-state index contributed by atoms with van der Waals surface area (Å²) in [6, 6.07) is 14.6. The van der Waals surface area contributed by atoms with E-state index < -0.39 is 11.2 Å². The highest BCUT2D eigenvalue weighted by atomic mass is 16.5. The number of benzene rings is 2. The van der Waals surface area contributed by atoms with E-state index in [1.165, 1.54) is 0 Å². The molecule has 2 aliphatic rings.